The molecule has 2 aromatic heterocycles. The van der Waals surface area contributed by atoms with Crippen LogP contribution in [0.25, 0.3) is 21.8 Å². The highest BCUT2D eigenvalue weighted by molar-refractivity contribution is 7.15. The third kappa shape index (κ3) is 8.28. The molecule has 0 aliphatic rings. The van der Waals surface area contributed by atoms with Gasteiger partial charge >= 0.3 is 6.18 Å². The quantitative estimate of drug-likeness (QED) is 0.0653. The fourth-order valence-corrected chi connectivity index (χ4v) is 4.35. The van der Waals surface area contributed by atoms with Gasteiger partial charge in [-0.3, -0.25) is 4.79 Å². The standard InChI is InChI=1S/C23H26F4N6O2S.C2H6/c1-2-14-12-30-22(36-14)16-11-18(31-21(34)19(16)20(32-28)33-29)15-7-6-13(10-17(15)24)35-9-5-3-4-8-23(25,26)27;1-2/h6-7,10-12H,2-5,8-9,28-29H2,1H3,(H,31,34)(H,32,33);1-2H3. The Kier molecular flexibility index (Phi) is 11.7. The van der Waals surface area contributed by atoms with Crippen molar-refractivity contribution in [2.45, 2.75) is 59.1 Å². The number of ether oxygens (including phenoxy) is 1. The van der Waals surface area contributed by atoms with E-state index in [2.05, 4.69) is 20.5 Å². The number of nitrogens with one attached hydrogen (secondary N) is 2. The second kappa shape index (κ2) is 14.5. The van der Waals surface area contributed by atoms with E-state index in [1.165, 1.54) is 23.5 Å². The van der Waals surface area contributed by atoms with Gasteiger partial charge < -0.3 is 21.0 Å². The van der Waals surface area contributed by atoms with Gasteiger partial charge in [-0.15, -0.1) is 11.3 Å². The molecule has 0 fully saturated rings. The minimum Gasteiger partial charge on any atom is -0.493 e. The Balaban J connectivity index is 0.00000247. The van der Waals surface area contributed by atoms with Crippen LogP contribution in [0.3, 0.4) is 0 Å². The first-order valence-electron chi connectivity index (χ1n) is 12.1. The Morgan fingerprint density at radius 2 is 1.92 bits per heavy atom. The number of halogens is 4. The lowest BCUT2D eigenvalue weighted by atomic mass is 10.0. The molecular weight excluding hydrogens is 524 g/mol. The van der Waals surface area contributed by atoms with Gasteiger partial charge in [-0.2, -0.15) is 18.3 Å². The lowest BCUT2D eigenvalue weighted by molar-refractivity contribution is -0.135. The van der Waals surface area contributed by atoms with Crippen LogP contribution in [-0.4, -0.2) is 28.6 Å². The first-order valence-corrected chi connectivity index (χ1v) is 12.9. The predicted molar refractivity (Wildman–Crippen MR) is 142 cm³/mol. The number of alkyl halides is 3. The van der Waals surface area contributed by atoms with Crippen molar-refractivity contribution in [1.82, 2.24) is 15.4 Å². The molecule has 0 radical (unpaired) electrons. The van der Waals surface area contributed by atoms with E-state index in [4.69, 9.17) is 16.4 Å². The molecule has 3 rings (SSSR count). The average molecular weight is 557 g/mol. The first-order chi connectivity index (χ1) is 18.2. The van der Waals surface area contributed by atoms with Crippen molar-refractivity contribution in [2.75, 3.05) is 6.61 Å². The average Bonchev–Trinajstić information content (AvgIpc) is 3.37. The molecule has 13 heteroatoms. The van der Waals surface area contributed by atoms with Crippen molar-refractivity contribution in [3.63, 3.8) is 0 Å². The van der Waals surface area contributed by atoms with Gasteiger partial charge in [0.05, 0.1) is 17.9 Å². The predicted octanol–water partition coefficient (Wildman–Crippen LogP) is 5.48. The van der Waals surface area contributed by atoms with Crippen molar-refractivity contribution in [3.05, 3.63) is 57.1 Å². The summed E-state index contributed by atoms with van der Waals surface area (Å²) in [5.41, 5.74) is 2.43. The molecule has 0 atom stereocenters. The van der Waals surface area contributed by atoms with Gasteiger partial charge in [-0.1, -0.05) is 20.8 Å². The Morgan fingerprint density at radius 1 is 1.18 bits per heavy atom. The Labute approximate surface area is 222 Å². The maximum absolute atomic E-state index is 15.0. The number of thiazole rings is 1. The number of benzene rings is 1. The summed E-state index contributed by atoms with van der Waals surface area (Å²) in [4.78, 5) is 21.0. The van der Waals surface area contributed by atoms with E-state index in [9.17, 15) is 22.4 Å². The number of rotatable bonds is 10. The number of amidine groups is 1. The summed E-state index contributed by atoms with van der Waals surface area (Å²) in [7, 11) is 0. The van der Waals surface area contributed by atoms with Gasteiger partial charge in [0.25, 0.3) is 5.56 Å². The van der Waals surface area contributed by atoms with E-state index >= 15 is 0 Å². The molecule has 0 amide bonds. The second-order valence-electron chi connectivity index (χ2n) is 7.82. The third-order valence-electron chi connectivity index (χ3n) is 5.27. The summed E-state index contributed by atoms with van der Waals surface area (Å²) in [5.74, 6) is 10.4. The number of nitrogens with two attached hydrogens (primary N) is 2. The van der Waals surface area contributed by atoms with Gasteiger partial charge in [0.1, 0.15) is 16.6 Å². The van der Waals surface area contributed by atoms with Crippen LogP contribution in [0, 0.1) is 5.82 Å². The van der Waals surface area contributed by atoms with Gasteiger partial charge in [0.2, 0.25) is 0 Å². The molecule has 3 aromatic rings. The smallest absolute Gasteiger partial charge is 0.389 e. The Hall–Kier alpha value is -3.45. The summed E-state index contributed by atoms with van der Waals surface area (Å²) in [6.07, 6.45) is -1.80. The van der Waals surface area contributed by atoms with Crippen LogP contribution in [0.4, 0.5) is 17.6 Å². The van der Waals surface area contributed by atoms with Crippen LogP contribution in [0.2, 0.25) is 0 Å². The van der Waals surface area contributed by atoms with Gasteiger partial charge in [0, 0.05) is 34.7 Å². The van der Waals surface area contributed by atoms with E-state index < -0.39 is 24.0 Å². The number of aryl methyl sites for hydroxylation is 1. The zero-order chi connectivity index (χ0) is 28.3. The number of pyridine rings is 1. The molecule has 2 heterocycles. The topological polar surface area (TPSA) is 131 Å². The van der Waals surface area contributed by atoms with Crippen LogP contribution in [0.15, 0.2) is 40.4 Å². The zero-order valence-corrected chi connectivity index (χ0v) is 22.2. The lowest BCUT2D eigenvalue weighted by Gasteiger charge is -2.12. The molecule has 1 aromatic carbocycles. The highest BCUT2D eigenvalue weighted by atomic mass is 32.1. The molecule has 0 saturated heterocycles. The van der Waals surface area contributed by atoms with E-state index in [1.54, 1.807) is 12.3 Å². The molecule has 0 spiro atoms. The number of aromatic amines is 1. The summed E-state index contributed by atoms with van der Waals surface area (Å²) >= 11 is 1.37. The molecule has 0 aliphatic carbocycles. The van der Waals surface area contributed by atoms with Gasteiger partial charge in [-0.05, 0) is 43.9 Å². The number of hydrogen-bond donors (Lipinski definition) is 4. The molecule has 0 aliphatic heterocycles. The third-order valence-corrected chi connectivity index (χ3v) is 6.45. The molecule has 0 saturated carbocycles. The molecular formula is C25H32F4N6O2S. The SMILES string of the molecule is CC.CCc1cnc(-c2cc(-c3ccc(OCCCCCC(F)(F)F)cc3F)[nH]c(=O)c2/C(=N/N)NN)s1. The number of hydrazone groups is 1. The summed E-state index contributed by atoms with van der Waals surface area (Å²) in [6, 6.07) is 5.69. The maximum atomic E-state index is 15.0. The summed E-state index contributed by atoms with van der Waals surface area (Å²) < 4.78 is 57.1. The first kappa shape index (κ1) is 30.8. The Morgan fingerprint density at radius 3 is 2.50 bits per heavy atom. The number of aromatic nitrogens is 2. The van der Waals surface area contributed by atoms with Crippen LogP contribution >= 0.6 is 11.3 Å². The fraction of sp³-hybridized carbons (Fsp3) is 0.400. The Bertz CT molecular complexity index is 1270. The molecule has 0 unspecified atom stereocenters. The fourth-order valence-electron chi connectivity index (χ4n) is 3.48. The summed E-state index contributed by atoms with van der Waals surface area (Å²) in [5, 5.41) is 4.04. The van der Waals surface area contributed by atoms with E-state index in [0.29, 0.717) is 23.4 Å². The number of H-pyrrole nitrogens is 1. The second-order valence-corrected chi connectivity index (χ2v) is 8.94. The monoisotopic (exact) mass is 556 g/mol. The lowest BCUT2D eigenvalue weighted by Crippen LogP contribution is -2.36. The number of nitrogens with zero attached hydrogens (tertiary/aromatic N) is 2. The molecule has 0 bridgehead atoms. The largest absolute Gasteiger partial charge is 0.493 e. The molecule has 8 nitrogen and oxygen atoms in total. The number of unbranched alkanes of at least 4 members (excludes halogenated alkanes) is 2. The summed E-state index contributed by atoms with van der Waals surface area (Å²) in [6.45, 7) is 6.13. The van der Waals surface area contributed by atoms with Crippen LogP contribution in [-0.2, 0) is 6.42 Å². The van der Waals surface area contributed by atoms with Gasteiger partial charge in [0.15, 0.2) is 5.84 Å². The van der Waals surface area contributed by atoms with Crippen LogP contribution < -0.4 is 27.4 Å². The minimum absolute atomic E-state index is 0.0148. The van der Waals surface area contributed by atoms with Crippen LogP contribution in [0.1, 0.15) is 56.9 Å². The normalized spacial score (nSPS) is 11.6. The van der Waals surface area contributed by atoms with Crippen molar-refractivity contribution in [3.8, 4) is 27.6 Å². The molecule has 208 valence electrons. The minimum atomic E-state index is -4.17. The van der Waals surface area contributed by atoms with Gasteiger partial charge in [-0.25, -0.2) is 15.2 Å². The highest BCUT2D eigenvalue weighted by Crippen LogP contribution is 2.32. The van der Waals surface area contributed by atoms with Crippen molar-refractivity contribution >= 4 is 17.2 Å². The highest BCUT2D eigenvalue weighted by Gasteiger charge is 2.25. The van der Waals surface area contributed by atoms with E-state index in [1.807, 2.05) is 20.8 Å². The van der Waals surface area contributed by atoms with E-state index in [0.717, 1.165) is 17.4 Å². The van der Waals surface area contributed by atoms with Crippen molar-refractivity contribution in [2.24, 2.45) is 16.8 Å². The van der Waals surface area contributed by atoms with Crippen molar-refractivity contribution in [1.29, 1.82) is 0 Å². The molecule has 6 N–H and O–H groups in total. The van der Waals surface area contributed by atoms with Crippen LogP contribution in [0.5, 0.6) is 5.75 Å². The molecule has 38 heavy (non-hydrogen) atoms. The zero-order valence-electron chi connectivity index (χ0n) is 21.4. The van der Waals surface area contributed by atoms with E-state index in [-0.39, 0.29) is 41.4 Å². The van der Waals surface area contributed by atoms with Crippen molar-refractivity contribution < 1.29 is 22.3 Å². The maximum Gasteiger partial charge on any atom is 0.389 e. The number of hydrogen-bond acceptors (Lipinski definition) is 7. The number of hydrazine groups is 1.